The molecule has 18 heavy (non-hydrogen) atoms. The molecule has 0 aromatic heterocycles. The quantitative estimate of drug-likeness (QED) is 0.638. The summed E-state index contributed by atoms with van der Waals surface area (Å²) in [5, 5.41) is 0. The van der Waals surface area contributed by atoms with E-state index in [-0.39, 0.29) is 0 Å². The van der Waals surface area contributed by atoms with E-state index in [4.69, 9.17) is 4.74 Å². The van der Waals surface area contributed by atoms with Gasteiger partial charge in [0, 0.05) is 6.42 Å². The summed E-state index contributed by atoms with van der Waals surface area (Å²) in [6, 6.07) is 12.9. The highest BCUT2D eigenvalue weighted by molar-refractivity contribution is 5.54. The van der Waals surface area contributed by atoms with Gasteiger partial charge >= 0.3 is 0 Å². The molecular formula is C17H18O. The summed E-state index contributed by atoms with van der Waals surface area (Å²) in [5.74, 6) is 2.11. The average molecular weight is 238 g/mol. The molecule has 0 N–H and O–H groups in total. The molecule has 0 saturated carbocycles. The van der Waals surface area contributed by atoms with Crippen LogP contribution in [0.2, 0.25) is 0 Å². The fourth-order valence-electron chi connectivity index (χ4n) is 2.62. The largest absolute Gasteiger partial charge is 0.456 e. The van der Waals surface area contributed by atoms with Crippen molar-refractivity contribution in [2.75, 3.05) is 0 Å². The average Bonchev–Trinajstić information content (AvgIpc) is 2.43. The van der Waals surface area contributed by atoms with Gasteiger partial charge in [-0.05, 0) is 41.2 Å². The van der Waals surface area contributed by atoms with Crippen LogP contribution >= 0.6 is 0 Å². The second kappa shape index (κ2) is 4.49. The summed E-state index contributed by atoms with van der Waals surface area (Å²) in [6.45, 7) is 4.40. The second-order valence-electron chi connectivity index (χ2n) is 4.84. The number of ether oxygens (including phenoxy) is 1. The Bertz CT molecular complexity index is 584. The van der Waals surface area contributed by atoms with Crippen LogP contribution in [0.1, 0.15) is 36.1 Å². The zero-order chi connectivity index (χ0) is 12.5. The molecule has 0 spiro atoms. The van der Waals surface area contributed by atoms with Crippen LogP contribution in [-0.4, -0.2) is 0 Å². The molecule has 3 rings (SSSR count). The van der Waals surface area contributed by atoms with E-state index in [9.17, 15) is 0 Å². The fraction of sp³-hybridized carbons (Fsp3) is 0.294. The predicted molar refractivity (Wildman–Crippen MR) is 74.5 cm³/mol. The van der Waals surface area contributed by atoms with E-state index in [1.54, 1.807) is 0 Å². The number of rotatable bonds is 2. The minimum atomic E-state index is 0.992. The molecule has 92 valence electrons. The summed E-state index contributed by atoms with van der Waals surface area (Å²) in [6.07, 6.45) is 3.10. The van der Waals surface area contributed by atoms with Crippen LogP contribution in [0.15, 0.2) is 36.4 Å². The first-order chi connectivity index (χ1) is 8.81. The van der Waals surface area contributed by atoms with Gasteiger partial charge in [0.25, 0.3) is 0 Å². The molecule has 1 heterocycles. The maximum absolute atomic E-state index is 6.10. The molecule has 0 amide bonds. The topological polar surface area (TPSA) is 9.23 Å². The van der Waals surface area contributed by atoms with Crippen LogP contribution in [-0.2, 0) is 19.3 Å². The molecule has 0 unspecified atom stereocenters. The molecule has 0 bridgehead atoms. The Kier molecular flexibility index (Phi) is 2.83. The lowest BCUT2D eigenvalue weighted by atomic mass is 9.94. The van der Waals surface area contributed by atoms with Crippen LogP contribution in [0.4, 0.5) is 0 Å². The van der Waals surface area contributed by atoms with Gasteiger partial charge in [-0.2, -0.15) is 0 Å². The SMILES string of the molecule is CCc1cc(CC)c2c(c1)Cc1ccccc1O2. The molecular weight excluding hydrogens is 220 g/mol. The van der Waals surface area contributed by atoms with Crippen molar-refractivity contribution in [2.24, 2.45) is 0 Å². The molecule has 0 saturated heterocycles. The smallest absolute Gasteiger partial charge is 0.134 e. The lowest BCUT2D eigenvalue weighted by molar-refractivity contribution is 0.454. The standard InChI is InChI=1S/C17H18O/c1-3-12-9-13(4-2)17-15(10-12)11-14-7-5-6-8-16(14)18-17/h5-10H,3-4,11H2,1-2H3. The number of fused-ring (bicyclic) bond motifs is 2. The zero-order valence-corrected chi connectivity index (χ0v) is 11.0. The second-order valence-corrected chi connectivity index (χ2v) is 4.84. The molecule has 1 heteroatoms. The van der Waals surface area contributed by atoms with E-state index in [0.717, 1.165) is 30.8 Å². The number of hydrogen-bond donors (Lipinski definition) is 0. The molecule has 0 radical (unpaired) electrons. The molecule has 2 aromatic carbocycles. The first-order valence-corrected chi connectivity index (χ1v) is 6.72. The van der Waals surface area contributed by atoms with Gasteiger partial charge in [0.15, 0.2) is 0 Å². The highest BCUT2D eigenvalue weighted by Crippen LogP contribution is 2.39. The maximum Gasteiger partial charge on any atom is 0.134 e. The highest BCUT2D eigenvalue weighted by Gasteiger charge is 2.19. The molecule has 1 nitrogen and oxygen atoms in total. The number of hydrogen-bond acceptors (Lipinski definition) is 1. The van der Waals surface area contributed by atoms with E-state index in [0.29, 0.717) is 0 Å². The highest BCUT2D eigenvalue weighted by atomic mass is 16.5. The van der Waals surface area contributed by atoms with Crippen LogP contribution in [0.25, 0.3) is 0 Å². The van der Waals surface area contributed by atoms with E-state index in [2.05, 4.69) is 44.2 Å². The predicted octanol–water partition coefficient (Wildman–Crippen LogP) is 4.51. The Morgan fingerprint density at radius 3 is 2.61 bits per heavy atom. The van der Waals surface area contributed by atoms with Crippen molar-refractivity contribution in [3.8, 4) is 11.5 Å². The van der Waals surface area contributed by atoms with Crippen LogP contribution in [0.3, 0.4) is 0 Å². The van der Waals surface area contributed by atoms with Crippen molar-refractivity contribution >= 4 is 0 Å². The monoisotopic (exact) mass is 238 g/mol. The van der Waals surface area contributed by atoms with E-state index in [1.165, 1.54) is 22.3 Å². The Morgan fingerprint density at radius 2 is 1.83 bits per heavy atom. The number of aryl methyl sites for hydroxylation is 2. The van der Waals surface area contributed by atoms with Gasteiger partial charge in [-0.25, -0.2) is 0 Å². The summed E-state index contributed by atoms with van der Waals surface area (Å²) in [7, 11) is 0. The van der Waals surface area contributed by atoms with E-state index >= 15 is 0 Å². The minimum absolute atomic E-state index is 0.992. The lowest BCUT2D eigenvalue weighted by Crippen LogP contribution is -2.06. The number of para-hydroxylation sites is 1. The normalized spacial score (nSPS) is 12.6. The Hall–Kier alpha value is -1.76. The van der Waals surface area contributed by atoms with Crippen molar-refractivity contribution in [1.29, 1.82) is 0 Å². The van der Waals surface area contributed by atoms with E-state index in [1.807, 2.05) is 6.07 Å². The Balaban J connectivity index is 2.11. The summed E-state index contributed by atoms with van der Waals surface area (Å²) >= 11 is 0. The third-order valence-electron chi connectivity index (χ3n) is 3.66. The third-order valence-corrected chi connectivity index (χ3v) is 3.66. The van der Waals surface area contributed by atoms with Crippen molar-refractivity contribution < 1.29 is 4.74 Å². The van der Waals surface area contributed by atoms with Gasteiger partial charge < -0.3 is 4.74 Å². The van der Waals surface area contributed by atoms with E-state index < -0.39 is 0 Å². The fourth-order valence-corrected chi connectivity index (χ4v) is 2.62. The van der Waals surface area contributed by atoms with Crippen LogP contribution in [0.5, 0.6) is 11.5 Å². The third kappa shape index (κ3) is 1.80. The number of benzene rings is 2. The van der Waals surface area contributed by atoms with Gasteiger partial charge in [-0.15, -0.1) is 0 Å². The summed E-state index contributed by atoms with van der Waals surface area (Å²) in [4.78, 5) is 0. The molecule has 1 aliphatic heterocycles. The van der Waals surface area contributed by atoms with Gasteiger partial charge in [-0.1, -0.05) is 44.2 Å². The Labute approximate surface area is 108 Å². The first kappa shape index (κ1) is 11.3. The lowest BCUT2D eigenvalue weighted by Gasteiger charge is -2.23. The van der Waals surface area contributed by atoms with Crippen molar-refractivity contribution in [2.45, 2.75) is 33.1 Å². The summed E-state index contributed by atoms with van der Waals surface area (Å²) in [5.41, 5.74) is 5.37. The molecule has 0 aliphatic carbocycles. The summed E-state index contributed by atoms with van der Waals surface area (Å²) < 4.78 is 6.10. The molecule has 1 aliphatic rings. The van der Waals surface area contributed by atoms with Gasteiger partial charge in [0.05, 0.1) is 0 Å². The minimum Gasteiger partial charge on any atom is -0.456 e. The van der Waals surface area contributed by atoms with Crippen molar-refractivity contribution in [1.82, 2.24) is 0 Å². The Morgan fingerprint density at radius 1 is 1.00 bits per heavy atom. The van der Waals surface area contributed by atoms with Crippen molar-refractivity contribution in [3.63, 3.8) is 0 Å². The first-order valence-electron chi connectivity index (χ1n) is 6.72. The van der Waals surface area contributed by atoms with Crippen LogP contribution in [0, 0.1) is 0 Å². The van der Waals surface area contributed by atoms with Gasteiger partial charge in [0.1, 0.15) is 11.5 Å². The molecule has 0 atom stereocenters. The molecule has 0 fully saturated rings. The van der Waals surface area contributed by atoms with Crippen LogP contribution < -0.4 is 4.74 Å². The van der Waals surface area contributed by atoms with Gasteiger partial charge in [-0.3, -0.25) is 0 Å². The molecule has 2 aromatic rings. The zero-order valence-electron chi connectivity index (χ0n) is 11.0. The van der Waals surface area contributed by atoms with Gasteiger partial charge in [0.2, 0.25) is 0 Å². The maximum atomic E-state index is 6.10. The van der Waals surface area contributed by atoms with Crippen molar-refractivity contribution in [3.05, 3.63) is 58.7 Å².